The van der Waals surface area contributed by atoms with Gasteiger partial charge in [-0.05, 0) is 39.7 Å². The summed E-state index contributed by atoms with van der Waals surface area (Å²) >= 11 is 0. The van der Waals surface area contributed by atoms with Crippen LogP contribution in [0.2, 0.25) is 0 Å². The number of amides is 1. The number of imidazole rings is 1. The van der Waals surface area contributed by atoms with Gasteiger partial charge in [0.15, 0.2) is 5.69 Å². The summed E-state index contributed by atoms with van der Waals surface area (Å²) in [7, 11) is 1.97. The molecule has 1 unspecified atom stereocenters. The van der Waals surface area contributed by atoms with Gasteiger partial charge in [0.05, 0.1) is 5.54 Å². The van der Waals surface area contributed by atoms with E-state index in [9.17, 15) is 4.79 Å². The fourth-order valence-electron chi connectivity index (χ4n) is 3.73. The number of carbonyl (C=O) groups is 1. The normalized spacial score (nSPS) is 20.4. The van der Waals surface area contributed by atoms with Crippen molar-refractivity contribution in [1.82, 2.24) is 29.5 Å². The number of halogens is 1. The SMILES string of the molecule is Cl.Cn1ccnc1C1CNCCN1C(=O)c1cc(C2CC2)n(C(C)(C)C)n1. The molecule has 3 heterocycles. The van der Waals surface area contributed by atoms with Crippen molar-refractivity contribution < 1.29 is 4.79 Å². The predicted octanol–water partition coefficient (Wildman–Crippen LogP) is 2.46. The number of aromatic nitrogens is 4. The monoisotopic (exact) mass is 392 g/mol. The number of hydrogen-bond donors (Lipinski definition) is 1. The standard InChI is InChI=1S/C19H28N6O.ClH/c1-19(2,3)25-15(13-5-6-13)11-14(22-25)18(26)24-10-7-20-12-16(24)17-21-8-9-23(17)4;/h8-9,11,13,16,20H,5-7,10,12H2,1-4H3;1H. The molecule has 0 spiro atoms. The van der Waals surface area contributed by atoms with Crippen molar-refractivity contribution in [3.63, 3.8) is 0 Å². The van der Waals surface area contributed by atoms with Gasteiger partial charge in [0.2, 0.25) is 0 Å². The van der Waals surface area contributed by atoms with Crippen LogP contribution in [0.15, 0.2) is 18.5 Å². The summed E-state index contributed by atoms with van der Waals surface area (Å²) in [5, 5.41) is 8.12. The van der Waals surface area contributed by atoms with Crippen molar-refractivity contribution in [1.29, 1.82) is 0 Å². The Morgan fingerprint density at radius 3 is 2.63 bits per heavy atom. The van der Waals surface area contributed by atoms with E-state index in [1.54, 1.807) is 6.20 Å². The van der Waals surface area contributed by atoms with Crippen LogP contribution in [-0.2, 0) is 12.6 Å². The molecule has 2 aromatic heterocycles. The summed E-state index contributed by atoms with van der Waals surface area (Å²) in [6, 6.07) is 1.95. The van der Waals surface area contributed by atoms with Crippen LogP contribution in [0.5, 0.6) is 0 Å². The number of piperazine rings is 1. The maximum absolute atomic E-state index is 13.3. The number of aryl methyl sites for hydroxylation is 1. The lowest BCUT2D eigenvalue weighted by Crippen LogP contribution is -2.49. The zero-order valence-electron chi connectivity index (χ0n) is 16.5. The highest BCUT2D eigenvalue weighted by Crippen LogP contribution is 2.42. The number of rotatable bonds is 3. The van der Waals surface area contributed by atoms with Gasteiger partial charge in [-0.3, -0.25) is 9.48 Å². The van der Waals surface area contributed by atoms with E-state index in [4.69, 9.17) is 5.10 Å². The molecule has 7 nitrogen and oxygen atoms in total. The van der Waals surface area contributed by atoms with Crippen LogP contribution in [0.4, 0.5) is 0 Å². The Kier molecular flexibility index (Phi) is 5.36. The number of nitrogens with zero attached hydrogens (tertiary/aromatic N) is 5. The topological polar surface area (TPSA) is 68.0 Å². The van der Waals surface area contributed by atoms with E-state index >= 15 is 0 Å². The Morgan fingerprint density at radius 1 is 1.30 bits per heavy atom. The zero-order chi connectivity index (χ0) is 18.5. The second-order valence-electron chi connectivity index (χ2n) is 8.43. The Balaban J connectivity index is 0.00000210. The van der Waals surface area contributed by atoms with Crippen molar-refractivity contribution in [2.24, 2.45) is 7.05 Å². The molecule has 1 aliphatic carbocycles. The van der Waals surface area contributed by atoms with Gasteiger partial charge in [-0.25, -0.2) is 4.98 Å². The Hall–Kier alpha value is -1.86. The molecule has 148 valence electrons. The highest BCUT2D eigenvalue weighted by atomic mass is 35.5. The fraction of sp³-hybridized carbons (Fsp3) is 0.632. The van der Waals surface area contributed by atoms with Crippen LogP contribution in [0.25, 0.3) is 0 Å². The predicted molar refractivity (Wildman–Crippen MR) is 106 cm³/mol. The lowest BCUT2D eigenvalue weighted by molar-refractivity contribution is 0.0613. The molecule has 1 aliphatic heterocycles. The highest BCUT2D eigenvalue weighted by molar-refractivity contribution is 5.93. The first-order chi connectivity index (χ1) is 12.4. The van der Waals surface area contributed by atoms with E-state index in [1.807, 2.05) is 28.8 Å². The van der Waals surface area contributed by atoms with Crippen molar-refractivity contribution in [3.05, 3.63) is 35.7 Å². The van der Waals surface area contributed by atoms with Crippen molar-refractivity contribution in [3.8, 4) is 0 Å². The quantitative estimate of drug-likeness (QED) is 0.871. The van der Waals surface area contributed by atoms with Gasteiger partial charge < -0.3 is 14.8 Å². The minimum atomic E-state index is -0.126. The molecule has 4 rings (SSSR count). The molecule has 0 aromatic carbocycles. The molecular weight excluding hydrogens is 364 g/mol. The van der Waals surface area contributed by atoms with Gasteiger partial charge in [-0.2, -0.15) is 5.10 Å². The third-order valence-electron chi connectivity index (χ3n) is 5.25. The van der Waals surface area contributed by atoms with Crippen molar-refractivity contribution in [2.75, 3.05) is 19.6 Å². The van der Waals surface area contributed by atoms with Gasteiger partial charge in [-0.15, -0.1) is 12.4 Å². The average Bonchev–Trinajstić information content (AvgIpc) is 3.19. The Bertz CT molecular complexity index is 817. The highest BCUT2D eigenvalue weighted by Gasteiger charge is 2.36. The largest absolute Gasteiger partial charge is 0.336 e. The fourth-order valence-corrected chi connectivity index (χ4v) is 3.73. The molecule has 8 heteroatoms. The Morgan fingerprint density at radius 2 is 2.04 bits per heavy atom. The van der Waals surface area contributed by atoms with Crippen LogP contribution in [0, 0.1) is 0 Å². The van der Waals surface area contributed by atoms with Crippen LogP contribution >= 0.6 is 12.4 Å². The van der Waals surface area contributed by atoms with E-state index in [2.05, 4.69) is 35.8 Å². The van der Waals surface area contributed by atoms with Crippen LogP contribution in [-0.4, -0.2) is 49.8 Å². The summed E-state index contributed by atoms with van der Waals surface area (Å²) in [5.74, 6) is 1.46. The number of nitrogens with one attached hydrogen (secondary N) is 1. The van der Waals surface area contributed by atoms with E-state index in [1.165, 1.54) is 18.5 Å². The molecule has 27 heavy (non-hydrogen) atoms. The molecular formula is C19H29ClN6O. The number of carbonyl (C=O) groups excluding carboxylic acids is 1. The molecule has 1 saturated carbocycles. The molecule has 1 saturated heterocycles. The molecule has 2 aromatic rings. The molecule has 0 bridgehead atoms. The lowest BCUT2D eigenvalue weighted by atomic mass is 10.1. The third kappa shape index (κ3) is 3.75. The van der Waals surface area contributed by atoms with Crippen LogP contribution < -0.4 is 5.32 Å². The third-order valence-corrected chi connectivity index (χ3v) is 5.25. The molecule has 1 atom stereocenters. The van der Waals surface area contributed by atoms with Crippen LogP contribution in [0.1, 0.15) is 67.6 Å². The lowest BCUT2D eigenvalue weighted by Gasteiger charge is -2.35. The minimum absolute atomic E-state index is 0. The average molecular weight is 393 g/mol. The van der Waals surface area contributed by atoms with E-state index < -0.39 is 0 Å². The van der Waals surface area contributed by atoms with Gasteiger partial charge in [0.1, 0.15) is 11.9 Å². The van der Waals surface area contributed by atoms with Gasteiger partial charge >= 0.3 is 0 Å². The Labute approximate surface area is 166 Å². The zero-order valence-corrected chi connectivity index (χ0v) is 17.3. The molecule has 1 N–H and O–H groups in total. The summed E-state index contributed by atoms with van der Waals surface area (Å²) in [5.41, 5.74) is 1.63. The second-order valence-corrected chi connectivity index (χ2v) is 8.43. The first-order valence-corrected chi connectivity index (χ1v) is 9.45. The van der Waals surface area contributed by atoms with Gasteiger partial charge in [-0.1, -0.05) is 0 Å². The molecule has 1 amide bonds. The molecule has 2 aliphatic rings. The van der Waals surface area contributed by atoms with Gasteiger partial charge in [0, 0.05) is 50.7 Å². The summed E-state index contributed by atoms with van der Waals surface area (Å²) < 4.78 is 4.04. The van der Waals surface area contributed by atoms with E-state index in [0.717, 1.165) is 12.4 Å². The van der Waals surface area contributed by atoms with E-state index in [0.29, 0.717) is 24.7 Å². The maximum atomic E-state index is 13.3. The summed E-state index contributed by atoms with van der Waals surface area (Å²) in [6.45, 7) is 8.59. The number of hydrogen-bond acceptors (Lipinski definition) is 4. The minimum Gasteiger partial charge on any atom is -0.336 e. The molecule has 2 fully saturated rings. The maximum Gasteiger partial charge on any atom is 0.275 e. The molecule has 0 radical (unpaired) electrons. The van der Waals surface area contributed by atoms with E-state index in [-0.39, 0.29) is 29.9 Å². The first-order valence-electron chi connectivity index (χ1n) is 9.45. The van der Waals surface area contributed by atoms with Crippen molar-refractivity contribution >= 4 is 18.3 Å². The summed E-state index contributed by atoms with van der Waals surface area (Å²) in [4.78, 5) is 19.7. The van der Waals surface area contributed by atoms with Crippen molar-refractivity contribution in [2.45, 2.75) is 51.1 Å². The second kappa shape index (κ2) is 7.28. The van der Waals surface area contributed by atoms with Crippen LogP contribution in [0.3, 0.4) is 0 Å². The smallest absolute Gasteiger partial charge is 0.275 e. The summed E-state index contributed by atoms with van der Waals surface area (Å²) in [6.07, 6.45) is 6.09. The van der Waals surface area contributed by atoms with Gasteiger partial charge in [0.25, 0.3) is 5.91 Å². The first kappa shape index (κ1) is 19.9.